The highest BCUT2D eigenvalue weighted by Gasteiger charge is 2.28. The molecule has 1 saturated heterocycles. The molecular weight excluding hydrogens is 426 g/mol. The molecule has 6 heteroatoms. The van der Waals surface area contributed by atoms with Gasteiger partial charge in [0.05, 0.1) is 31.2 Å². The summed E-state index contributed by atoms with van der Waals surface area (Å²) in [4.78, 5) is 18.1. The molecule has 1 fully saturated rings. The molecule has 3 heterocycles. The van der Waals surface area contributed by atoms with Crippen LogP contribution in [0.2, 0.25) is 0 Å². The second-order valence-corrected chi connectivity index (χ2v) is 10.2. The van der Waals surface area contributed by atoms with Crippen molar-refractivity contribution in [2.75, 3.05) is 37.8 Å². The third kappa shape index (κ3) is 4.83. The molecular formula is C28H37N3O3. The maximum Gasteiger partial charge on any atom is 0.293 e. The molecule has 1 aliphatic rings. The Balaban J connectivity index is 1.96. The molecule has 182 valence electrons. The third-order valence-electron chi connectivity index (χ3n) is 6.68. The number of fused-ring (bicyclic) bond motifs is 1. The maximum absolute atomic E-state index is 10.9. The molecule has 4 rings (SSSR count). The number of benzene rings is 1. The largest absolute Gasteiger partial charge is 0.467 e. The van der Waals surface area contributed by atoms with Gasteiger partial charge in [-0.1, -0.05) is 27.7 Å². The van der Waals surface area contributed by atoms with E-state index in [0.29, 0.717) is 19.0 Å². The number of carbonyl (C=O) groups excluding carboxylic acids is 1. The summed E-state index contributed by atoms with van der Waals surface area (Å²) in [5.41, 5.74) is 7.07. The number of hydrogen-bond acceptors (Lipinski definition) is 5. The van der Waals surface area contributed by atoms with Gasteiger partial charge in [-0.2, -0.15) is 0 Å². The molecule has 0 atom stereocenters. The van der Waals surface area contributed by atoms with Crippen LogP contribution < -0.4 is 4.90 Å². The fourth-order valence-electron chi connectivity index (χ4n) is 5.11. The van der Waals surface area contributed by atoms with Crippen molar-refractivity contribution >= 4 is 23.1 Å². The number of hydrogen-bond donors (Lipinski definition) is 0. The minimum atomic E-state index is -0.211. The van der Waals surface area contributed by atoms with Crippen LogP contribution in [0.1, 0.15) is 51.8 Å². The molecule has 1 aromatic carbocycles. The molecule has 0 radical (unpaired) electrons. The Morgan fingerprint density at radius 3 is 2.65 bits per heavy atom. The van der Waals surface area contributed by atoms with Crippen LogP contribution in [0.25, 0.3) is 22.2 Å². The maximum atomic E-state index is 10.9. The first-order chi connectivity index (χ1) is 16.4. The van der Waals surface area contributed by atoms with Crippen molar-refractivity contribution in [1.29, 1.82) is 0 Å². The summed E-state index contributed by atoms with van der Waals surface area (Å²) < 4.78 is 13.2. The third-order valence-corrected chi connectivity index (χ3v) is 6.68. The van der Waals surface area contributed by atoms with Gasteiger partial charge in [0.2, 0.25) is 0 Å². The fraction of sp³-hybridized carbons (Fsp3) is 0.500. The van der Waals surface area contributed by atoms with Crippen LogP contribution in [0.3, 0.4) is 0 Å². The van der Waals surface area contributed by atoms with Crippen LogP contribution in [0, 0.1) is 5.41 Å². The smallest absolute Gasteiger partial charge is 0.293 e. The number of anilines is 1. The van der Waals surface area contributed by atoms with Gasteiger partial charge in [-0.15, -0.1) is 0 Å². The summed E-state index contributed by atoms with van der Waals surface area (Å²) in [7, 11) is 0. The van der Waals surface area contributed by atoms with Crippen LogP contribution in [0.5, 0.6) is 0 Å². The molecule has 0 amide bonds. The SMILES string of the molecule is CCn1c(-c2cccnc2C(C)C)c(CC(C)(C)COC=O)c2cc(N3CCOCC3)ccc21. The summed E-state index contributed by atoms with van der Waals surface area (Å²) in [5, 5.41) is 1.26. The van der Waals surface area contributed by atoms with Gasteiger partial charge in [0.25, 0.3) is 6.47 Å². The topological polar surface area (TPSA) is 56.6 Å². The zero-order chi connectivity index (χ0) is 24.3. The van der Waals surface area contributed by atoms with Crippen molar-refractivity contribution < 1.29 is 14.3 Å². The number of aryl methyl sites for hydroxylation is 1. The zero-order valence-corrected chi connectivity index (χ0v) is 21.1. The van der Waals surface area contributed by atoms with E-state index in [4.69, 9.17) is 14.5 Å². The minimum absolute atomic E-state index is 0.211. The molecule has 0 N–H and O–H groups in total. The Hall–Kier alpha value is -2.86. The van der Waals surface area contributed by atoms with E-state index in [2.05, 4.69) is 68.4 Å². The molecule has 3 aromatic rings. The second-order valence-electron chi connectivity index (χ2n) is 10.2. The number of aromatic nitrogens is 2. The van der Waals surface area contributed by atoms with Gasteiger partial charge >= 0.3 is 0 Å². The van der Waals surface area contributed by atoms with Gasteiger partial charge in [-0.25, -0.2) is 0 Å². The van der Waals surface area contributed by atoms with E-state index >= 15 is 0 Å². The average Bonchev–Trinajstić information content (AvgIpc) is 3.15. The van der Waals surface area contributed by atoms with Crippen molar-refractivity contribution in [1.82, 2.24) is 9.55 Å². The molecule has 0 spiro atoms. The van der Waals surface area contributed by atoms with E-state index < -0.39 is 0 Å². The van der Waals surface area contributed by atoms with E-state index in [-0.39, 0.29) is 5.41 Å². The normalized spacial score (nSPS) is 14.7. The summed E-state index contributed by atoms with van der Waals surface area (Å²) in [6.07, 6.45) is 2.68. The first-order valence-corrected chi connectivity index (χ1v) is 12.3. The molecule has 2 aromatic heterocycles. The summed E-state index contributed by atoms with van der Waals surface area (Å²) in [5.74, 6) is 0.308. The average molecular weight is 464 g/mol. The van der Waals surface area contributed by atoms with Crippen molar-refractivity contribution in [2.24, 2.45) is 5.41 Å². The van der Waals surface area contributed by atoms with Crippen molar-refractivity contribution in [2.45, 2.75) is 53.5 Å². The Morgan fingerprint density at radius 1 is 1.21 bits per heavy atom. The van der Waals surface area contributed by atoms with Crippen LogP contribution in [-0.2, 0) is 27.2 Å². The first-order valence-electron chi connectivity index (χ1n) is 12.3. The van der Waals surface area contributed by atoms with Gasteiger partial charge in [-0.05, 0) is 55.2 Å². The van der Waals surface area contributed by atoms with Crippen molar-refractivity contribution in [3.63, 3.8) is 0 Å². The van der Waals surface area contributed by atoms with Crippen molar-refractivity contribution in [3.8, 4) is 11.3 Å². The Labute approximate surface area is 202 Å². The molecule has 0 bridgehead atoms. The van der Waals surface area contributed by atoms with Gasteiger partial charge in [0, 0.05) is 53.4 Å². The van der Waals surface area contributed by atoms with Crippen LogP contribution in [0.4, 0.5) is 5.69 Å². The summed E-state index contributed by atoms with van der Waals surface area (Å²) >= 11 is 0. The molecule has 34 heavy (non-hydrogen) atoms. The molecule has 1 aliphatic heterocycles. The lowest BCUT2D eigenvalue weighted by Crippen LogP contribution is -2.36. The molecule has 0 aliphatic carbocycles. The number of carbonyl (C=O) groups is 1. The van der Waals surface area contributed by atoms with Crippen LogP contribution >= 0.6 is 0 Å². The first kappa shape index (κ1) is 24.3. The van der Waals surface area contributed by atoms with Crippen LogP contribution in [0.15, 0.2) is 36.5 Å². The van der Waals surface area contributed by atoms with E-state index in [0.717, 1.165) is 45.0 Å². The van der Waals surface area contributed by atoms with E-state index in [9.17, 15) is 4.79 Å². The van der Waals surface area contributed by atoms with E-state index in [1.54, 1.807) is 0 Å². The van der Waals surface area contributed by atoms with Crippen LogP contribution in [-0.4, -0.2) is 48.9 Å². The quantitative estimate of drug-likeness (QED) is 0.396. The number of nitrogens with zero attached hydrogens (tertiary/aromatic N) is 3. The lowest BCUT2D eigenvalue weighted by atomic mass is 9.84. The molecule has 0 unspecified atom stereocenters. The van der Waals surface area contributed by atoms with Gasteiger partial charge in [0.1, 0.15) is 0 Å². The standard InChI is InChI=1S/C28H37N3O3/c1-6-31-25-10-9-21(30-12-14-33-15-13-30)16-23(25)24(17-28(4,5)18-34-19-32)27(31)22-8-7-11-29-26(22)20(2)3/h7-11,16,19-20H,6,12-15,17-18H2,1-5H3. The van der Waals surface area contributed by atoms with Gasteiger partial charge in [-0.3, -0.25) is 9.78 Å². The van der Waals surface area contributed by atoms with Crippen molar-refractivity contribution in [3.05, 3.63) is 47.8 Å². The Kier molecular flexibility index (Phi) is 7.27. The number of pyridine rings is 1. The zero-order valence-electron chi connectivity index (χ0n) is 21.1. The van der Waals surface area contributed by atoms with Gasteiger partial charge in [0.15, 0.2) is 0 Å². The fourth-order valence-corrected chi connectivity index (χ4v) is 5.11. The lowest BCUT2D eigenvalue weighted by Gasteiger charge is -2.29. The Morgan fingerprint density at radius 2 is 1.97 bits per heavy atom. The summed E-state index contributed by atoms with van der Waals surface area (Å²) in [6.45, 7) is 16.0. The molecule has 0 saturated carbocycles. The highest BCUT2D eigenvalue weighted by Crippen LogP contribution is 2.41. The molecule has 6 nitrogen and oxygen atoms in total. The van der Waals surface area contributed by atoms with E-state index in [1.807, 2.05) is 12.3 Å². The number of morpholine rings is 1. The van der Waals surface area contributed by atoms with Gasteiger partial charge < -0.3 is 18.9 Å². The number of rotatable bonds is 9. The summed E-state index contributed by atoms with van der Waals surface area (Å²) in [6, 6.07) is 11.1. The highest BCUT2D eigenvalue weighted by atomic mass is 16.5. The predicted molar refractivity (Wildman–Crippen MR) is 137 cm³/mol. The Bertz CT molecular complexity index is 1140. The monoisotopic (exact) mass is 463 g/mol. The lowest BCUT2D eigenvalue weighted by molar-refractivity contribution is -0.131. The predicted octanol–water partition coefficient (Wildman–Crippen LogP) is 5.42. The highest BCUT2D eigenvalue weighted by molar-refractivity contribution is 5.94. The second kappa shape index (κ2) is 10.2. The number of ether oxygens (including phenoxy) is 2. The van der Waals surface area contributed by atoms with E-state index in [1.165, 1.54) is 33.4 Å². The minimum Gasteiger partial charge on any atom is -0.467 e.